The number of amides is 1. The second kappa shape index (κ2) is 7.64. The smallest absolute Gasteiger partial charge is 0.335 e. The molecule has 0 radical (unpaired) electrons. The molecule has 2 unspecified atom stereocenters. The predicted molar refractivity (Wildman–Crippen MR) is 90.3 cm³/mol. The number of aromatic carboxylic acids is 1. The lowest BCUT2D eigenvalue weighted by Crippen LogP contribution is -2.40. The number of hydrogen-bond acceptors (Lipinski definition) is 4. The highest BCUT2D eigenvalue weighted by molar-refractivity contribution is 6.06. The van der Waals surface area contributed by atoms with Crippen LogP contribution in [-0.2, 0) is 4.79 Å². The lowest BCUT2D eigenvalue weighted by molar-refractivity contribution is -0.112. The van der Waals surface area contributed by atoms with Gasteiger partial charge in [0.15, 0.2) is 0 Å². The maximum atomic E-state index is 12.3. The highest BCUT2D eigenvalue weighted by Crippen LogP contribution is 2.23. The van der Waals surface area contributed by atoms with Crippen LogP contribution in [0, 0.1) is 11.3 Å². The number of hydrogen-bond donors (Lipinski definition) is 2. The molecule has 2 N–H and O–H groups in total. The van der Waals surface area contributed by atoms with Crippen LogP contribution < -0.4 is 5.32 Å². The van der Waals surface area contributed by atoms with Crippen molar-refractivity contribution in [2.45, 2.75) is 45.2 Å². The van der Waals surface area contributed by atoms with Gasteiger partial charge in [0.25, 0.3) is 5.91 Å². The number of carboxylic acids is 1. The number of carbonyl (C=O) groups is 2. The standard InChI is InChI=1S/C18H21N3O3/c1-12-4-3-5-13(2)21(12)11-15(10-19)17(22)20-16-8-6-14(7-9-16)18(23)24/h6-9,11-13H,3-5H2,1-2H3,(H,20,22)(H,23,24)/b15-11-. The number of carboxylic acid groups (broad SMARTS) is 1. The summed E-state index contributed by atoms with van der Waals surface area (Å²) in [5.41, 5.74) is 0.629. The molecule has 1 aliphatic rings. The van der Waals surface area contributed by atoms with E-state index in [9.17, 15) is 14.9 Å². The topological polar surface area (TPSA) is 93.4 Å². The molecule has 0 aliphatic carbocycles. The Morgan fingerprint density at radius 2 is 1.83 bits per heavy atom. The van der Waals surface area contributed by atoms with Gasteiger partial charge >= 0.3 is 5.97 Å². The minimum Gasteiger partial charge on any atom is -0.478 e. The van der Waals surface area contributed by atoms with Crippen LogP contribution >= 0.6 is 0 Å². The zero-order valence-electron chi connectivity index (χ0n) is 13.8. The first-order chi connectivity index (χ1) is 11.4. The van der Waals surface area contributed by atoms with E-state index >= 15 is 0 Å². The quantitative estimate of drug-likeness (QED) is 0.655. The Balaban J connectivity index is 2.12. The first-order valence-corrected chi connectivity index (χ1v) is 7.96. The number of benzene rings is 1. The number of anilines is 1. The maximum Gasteiger partial charge on any atom is 0.335 e. The minimum atomic E-state index is -1.03. The van der Waals surface area contributed by atoms with Crippen LogP contribution in [-0.4, -0.2) is 34.0 Å². The molecule has 0 aromatic heterocycles. The number of carbonyl (C=O) groups excluding carboxylic acids is 1. The molecule has 1 heterocycles. The van der Waals surface area contributed by atoms with E-state index in [0.717, 1.165) is 19.3 Å². The van der Waals surface area contributed by atoms with Crippen molar-refractivity contribution in [2.24, 2.45) is 0 Å². The van der Waals surface area contributed by atoms with Crippen molar-refractivity contribution in [1.29, 1.82) is 5.26 Å². The fourth-order valence-corrected chi connectivity index (χ4v) is 2.88. The molecule has 0 saturated carbocycles. The third-order valence-corrected chi connectivity index (χ3v) is 4.29. The summed E-state index contributed by atoms with van der Waals surface area (Å²) in [5, 5.41) is 20.8. The average molecular weight is 327 g/mol. The van der Waals surface area contributed by atoms with E-state index in [-0.39, 0.29) is 11.1 Å². The summed E-state index contributed by atoms with van der Waals surface area (Å²) in [7, 11) is 0. The van der Waals surface area contributed by atoms with Gasteiger partial charge in [0.2, 0.25) is 0 Å². The molecular weight excluding hydrogens is 306 g/mol. The molecule has 24 heavy (non-hydrogen) atoms. The van der Waals surface area contributed by atoms with Gasteiger partial charge in [-0.15, -0.1) is 0 Å². The van der Waals surface area contributed by atoms with Crippen LogP contribution in [0.1, 0.15) is 43.5 Å². The van der Waals surface area contributed by atoms with Crippen molar-refractivity contribution in [3.63, 3.8) is 0 Å². The van der Waals surface area contributed by atoms with Gasteiger partial charge in [0.05, 0.1) is 5.56 Å². The fraction of sp³-hybridized carbons (Fsp3) is 0.389. The predicted octanol–water partition coefficient (Wildman–Crippen LogP) is 2.99. The fourth-order valence-electron chi connectivity index (χ4n) is 2.88. The number of rotatable bonds is 4. The minimum absolute atomic E-state index is 0.0397. The van der Waals surface area contributed by atoms with Gasteiger partial charge in [-0.25, -0.2) is 4.79 Å². The van der Waals surface area contributed by atoms with Gasteiger partial charge in [-0.2, -0.15) is 5.26 Å². The summed E-state index contributed by atoms with van der Waals surface area (Å²) < 4.78 is 0. The zero-order chi connectivity index (χ0) is 17.7. The van der Waals surface area contributed by atoms with Crippen LogP contribution in [0.2, 0.25) is 0 Å². The van der Waals surface area contributed by atoms with E-state index in [2.05, 4.69) is 24.1 Å². The maximum absolute atomic E-state index is 12.3. The Bertz CT molecular complexity index is 678. The zero-order valence-corrected chi connectivity index (χ0v) is 13.8. The molecule has 6 nitrogen and oxygen atoms in total. The van der Waals surface area contributed by atoms with Crippen LogP contribution in [0.15, 0.2) is 36.0 Å². The molecule has 126 valence electrons. The van der Waals surface area contributed by atoms with Crippen molar-refractivity contribution < 1.29 is 14.7 Å². The third kappa shape index (κ3) is 4.13. The second-order valence-corrected chi connectivity index (χ2v) is 6.07. The Morgan fingerprint density at radius 3 is 2.33 bits per heavy atom. The highest BCUT2D eigenvalue weighted by Gasteiger charge is 2.23. The monoisotopic (exact) mass is 327 g/mol. The van der Waals surface area contributed by atoms with Crippen molar-refractivity contribution >= 4 is 17.6 Å². The van der Waals surface area contributed by atoms with E-state index < -0.39 is 11.9 Å². The Hall–Kier alpha value is -2.81. The lowest BCUT2D eigenvalue weighted by Gasteiger charge is -2.38. The Morgan fingerprint density at radius 1 is 1.25 bits per heavy atom. The summed E-state index contributed by atoms with van der Waals surface area (Å²) >= 11 is 0. The van der Waals surface area contributed by atoms with Crippen molar-refractivity contribution in [3.8, 4) is 6.07 Å². The largest absolute Gasteiger partial charge is 0.478 e. The number of piperidine rings is 1. The van der Waals surface area contributed by atoms with Gasteiger partial charge in [0.1, 0.15) is 11.6 Å². The van der Waals surface area contributed by atoms with Crippen LogP contribution in [0.3, 0.4) is 0 Å². The second-order valence-electron chi connectivity index (χ2n) is 6.07. The summed E-state index contributed by atoms with van der Waals surface area (Å²) in [6.45, 7) is 4.17. The molecule has 6 heteroatoms. The van der Waals surface area contributed by atoms with Crippen molar-refractivity contribution in [2.75, 3.05) is 5.32 Å². The highest BCUT2D eigenvalue weighted by atomic mass is 16.4. The summed E-state index contributed by atoms with van der Waals surface area (Å²) in [5.74, 6) is -1.52. The molecule has 1 fully saturated rings. The van der Waals surface area contributed by atoms with E-state index in [1.807, 2.05) is 6.07 Å². The molecule has 2 atom stereocenters. The summed E-state index contributed by atoms with van der Waals surface area (Å²) in [6.07, 6.45) is 4.86. The van der Waals surface area contributed by atoms with Gasteiger partial charge in [-0.05, 0) is 57.4 Å². The number of likely N-dealkylation sites (tertiary alicyclic amines) is 1. The van der Waals surface area contributed by atoms with Gasteiger partial charge in [0, 0.05) is 24.0 Å². The van der Waals surface area contributed by atoms with Gasteiger partial charge in [-0.3, -0.25) is 4.79 Å². The van der Waals surface area contributed by atoms with Crippen molar-refractivity contribution in [3.05, 3.63) is 41.6 Å². The van der Waals surface area contributed by atoms with E-state index in [4.69, 9.17) is 5.11 Å². The van der Waals surface area contributed by atoms with E-state index in [0.29, 0.717) is 17.8 Å². The lowest BCUT2D eigenvalue weighted by atomic mass is 9.98. The molecule has 0 bridgehead atoms. The number of nitriles is 1. The molecule has 1 amide bonds. The van der Waals surface area contributed by atoms with Gasteiger partial charge < -0.3 is 15.3 Å². The Kier molecular flexibility index (Phi) is 5.59. The Labute approximate surface area is 141 Å². The molecule has 1 saturated heterocycles. The summed E-state index contributed by atoms with van der Waals surface area (Å²) in [6, 6.07) is 8.35. The first kappa shape index (κ1) is 17.5. The molecular formula is C18H21N3O3. The number of nitrogens with zero attached hydrogens (tertiary/aromatic N) is 2. The SMILES string of the molecule is CC1CCCC(C)N1/C=C(/C#N)C(=O)Nc1ccc(C(=O)O)cc1. The molecule has 1 aromatic carbocycles. The van der Waals surface area contributed by atoms with Crippen LogP contribution in [0.25, 0.3) is 0 Å². The average Bonchev–Trinajstić information content (AvgIpc) is 2.55. The van der Waals surface area contributed by atoms with Crippen LogP contribution in [0.5, 0.6) is 0 Å². The molecule has 1 aromatic rings. The number of nitrogens with one attached hydrogen (secondary N) is 1. The summed E-state index contributed by atoms with van der Waals surface area (Å²) in [4.78, 5) is 25.2. The van der Waals surface area contributed by atoms with Crippen LogP contribution in [0.4, 0.5) is 5.69 Å². The van der Waals surface area contributed by atoms with Gasteiger partial charge in [-0.1, -0.05) is 0 Å². The normalized spacial score (nSPS) is 21.0. The van der Waals surface area contributed by atoms with Crippen molar-refractivity contribution in [1.82, 2.24) is 4.90 Å². The van der Waals surface area contributed by atoms with E-state index in [1.54, 1.807) is 6.20 Å². The van der Waals surface area contributed by atoms with E-state index in [1.165, 1.54) is 24.3 Å². The first-order valence-electron chi connectivity index (χ1n) is 7.96. The third-order valence-electron chi connectivity index (χ3n) is 4.29. The molecule has 0 spiro atoms. The molecule has 1 aliphatic heterocycles. The molecule has 2 rings (SSSR count).